The van der Waals surface area contributed by atoms with Crippen molar-refractivity contribution in [1.82, 2.24) is 5.43 Å². The lowest BCUT2D eigenvalue weighted by Crippen LogP contribution is -1.96. The Labute approximate surface area is 42.6 Å². The topological polar surface area (TPSA) is 24.4 Å². The van der Waals surface area contributed by atoms with Crippen LogP contribution in [0.5, 0.6) is 0 Å². The van der Waals surface area contributed by atoms with E-state index in [9.17, 15) is 0 Å². The molecule has 1 heterocycles. The van der Waals surface area contributed by atoms with E-state index in [1.54, 1.807) is 0 Å². The third-order valence-corrected chi connectivity index (χ3v) is 0.854. The molecule has 2 heteroatoms. The van der Waals surface area contributed by atoms with Crippen LogP contribution in [0, 0.1) is 12.3 Å². The van der Waals surface area contributed by atoms with Crippen LogP contribution in [0.25, 0.3) is 0 Å². The summed E-state index contributed by atoms with van der Waals surface area (Å²) < 4.78 is 0. The fraction of sp³-hybridized carbons (Fsp3) is 0.400. The van der Waals surface area contributed by atoms with Crippen LogP contribution in [0.2, 0.25) is 0 Å². The van der Waals surface area contributed by atoms with E-state index >= 15 is 0 Å². The molecule has 0 radical (unpaired) electrons. The summed E-state index contributed by atoms with van der Waals surface area (Å²) in [5.41, 5.74) is 3.60. The minimum absolute atomic E-state index is 0.833. The molecule has 1 aliphatic rings. The summed E-state index contributed by atoms with van der Waals surface area (Å²) in [4.78, 5) is 0. The van der Waals surface area contributed by atoms with E-state index in [4.69, 9.17) is 6.42 Å². The predicted octanol–water partition coefficient (Wildman–Crippen LogP) is -0.0311. The molecule has 0 atom stereocenters. The van der Waals surface area contributed by atoms with Crippen molar-refractivity contribution in [3.63, 3.8) is 0 Å². The van der Waals surface area contributed by atoms with Gasteiger partial charge in [-0.05, 0) is 0 Å². The second-order valence-corrected chi connectivity index (χ2v) is 1.36. The molecule has 0 saturated heterocycles. The first-order valence-electron chi connectivity index (χ1n) is 2.19. The van der Waals surface area contributed by atoms with Crippen LogP contribution in [0.1, 0.15) is 6.42 Å². The molecule has 0 aromatic carbocycles. The van der Waals surface area contributed by atoms with Gasteiger partial charge in [-0.3, -0.25) is 0 Å². The molecule has 0 unspecified atom stereocenters. The molecule has 0 fully saturated rings. The summed E-state index contributed by atoms with van der Waals surface area (Å²) in [7, 11) is 0. The van der Waals surface area contributed by atoms with Gasteiger partial charge in [0.15, 0.2) is 0 Å². The monoisotopic (exact) mass is 94.1 g/mol. The second-order valence-electron chi connectivity index (χ2n) is 1.36. The zero-order chi connectivity index (χ0) is 5.11. The van der Waals surface area contributed by atoms with E-state index < -0.39 is 0 Å². The first-order chi connectivity index (χ1) is 3.43. The summed E-state index contributed by atoms with van der Waals surface area (Å²) in [5.74, 6) is 2.45. The summed E-state index contributed by atoms with van der Waals surface area (Å²) in [6, 6.07) is 0. The highest BCUT2D eigenvalue weighted by molar-refractivity contribution is 6.00. The third kappa shape index (κ3) is 0.716. The Kier molecular flexibility index (Phi) is 0.991. The minimum atomic E-state index is 0.833. The molecule has 0 spiro atoms. The summed E-state index contributed by atoms with van der Waals surface area (Å²) >= 11 is 0. The quantitative estimate of drug-likeness (QED) is 0.419. The van der Waals surface area contributed by atoms with Gasteiger partial charge in [0.25, 0.3) is 0 Å². The van der Waals surface area contributed by atoms with E-state index in [1.807, 2.05) is 0 Å². The standard InChI is InChI=1S/C5H6N2/c1-2-5-3-4-6-7-5/h1,6H,3-4H2. The molecular weight excluding hydrogens is 88.1 g/mol. The molecule has 0 bridgehead atoms. The van der Waals surface area contributed by atoms with Crippen LogP contribution >= 0.6 is 0 Å². The molecule has 7 heavy (non-hydrogen) atoms. The Morgan fingerprint density at radius 3 is 3.00 bits per heavy atom. The first kappa shape index (κ1) is 4.20. The van der Waals surface area contributed by atoms with E-state index in [1.165, 1.54) is 0 Å². The van der Waals surface area contributed by atoms with Crippen molar-refractivity contribution in [1.29, 1.82) is 0 Å². The maximum Gasteiger partial charge on any atom is 0.111 e. The molecule has 0 saturated carbocycles. The molecule has 1 aliphatic heterocycles. The van der Waals surface area contributed by atoms with Gasteiger partial charge in [-0.1, -0.05) is 5.92 Å². The molecule has 36 valence electrons. The lowest BCUT2D eigenvalue weighted by atomic mass is 10.3. The average Bonchev–Trinajstić information content (AvgIpc) is 2.14. The number of hydrogen-bond donors (Lipinski definition) is 1. The molecule has 0 aromatic heterocycles. The Morgan fingerprint density at radius 1 is 1.86 bits per heavy atom. The first-order valence-corrected chi connectivity index (χ1v) is 2.19. The average molecular weight is 94.1 g/mol. The molecule has 1 rings (SSSR count). The van der Waals surface area contributed by atoms with Crippen molar-refractivity contribution in [2.45, 2.75) is 6.42 Å². The zero-order valence-corrected chi connectivity index (χ0v) is 3.94. The van der Waals surface area contributed by atoms with Crippen LogP contribution in [0.15, 0.2) is 5.10 Å². The van der Waals surface area contributed by atoms with Crippen molar-refractivity contribution in [3.05, 3.63) is 0 Å². The van der Waals surface area contributed by atoms with Crippen LogP contribution < -0.4 is 5.43 Å². The smallest absolute Gasteiger partial charge is 0.111 e. The van der Waals surface area contributed by atoms with Crippen LogP contribution in [0.4, 0.5) is 0 Å². The molecule has 2 nitrogen and oxygen atoms in total. The number of nitrogens with one attached hydrogen (secondary N) is 1. The number of nitrogens with zero attached hydrogens (tertiary/aromatic N) is 1. The van der Waals surface area contributed by atoms with Gasteiger partial charge in [-0.15, -0.1) is 6.42 Å². The largest absolute Gasteiger partial charge is 0.309 e. The van der Waals surface area contributed by atoms with Crippen molar-refractivity contribution in [2.75, 3.05) is 6.54 Å². The SMILES string of the molecule is C#CC1=NNCC1. The van der Waals surface area contributed by atoms with Crippen LogP contribution in [-0.2, 0) is 0 Å². The Balaban J connectivity index is 2.57. The molecule has 0 amide bonds. The van der Waals surface area contributed by atoms with Gasteiger partial charge in [-0.25, -0.2) is 0 Å². The van der Waals surface area contributed by atoms with Gasteiger partial charge in [0.1, 0.15) is 5.71 Å². The van der Waals surface area contributed by atoms with Crippen LogP contribution in [0.3, 0.4) is 0 Å². The van der Waals surface area contributed by atoms with Crippen LogP contribution in [-0.4, -0.2) is 12.3 Å². The second kappa shape index (κ2) is 1.65. The van der Waals surface area contributed by atoms with Gasteiger partial charge in [0.2, 0.25) is 0 Å². The predicted molar refractivity (Wildman–Crippen MR) is 28.9 cm³/mol. The summed E-state index contributed by atoms with van der Waals surface area (Å²) in [5, 5.41) is 3.78. The van der Waals surface area contributed by atoms with Crippen molar-refractivity contribution >= 4 is 5.71 Å². The summed E-state index contributed by atoms with van der Waals surface area (Å²) in [6.07, 6.45) is 5.93. The highest BCUT2D eigenvalue weighted by Gasteiger charge is 1.98. The summed E-state index contributed by atoms with van der Waals surface area (Å²) in [6.45, 7) is 0.902. The normalized spacial score (nSPS) is 17.3. The van der Waals surface area contributed by atoms with E-state index in [0.29, 0.717) is 0 Å². The van der Waals surface area contributed by atoms with E-state index in [0.717, 1.165) is 18.7 Å². The molecular formula is C5H6N2. The lowest BCUT2D eigenvalue weighted by molar-refractivity contribution is 0.813. The molecule has 0 aliphatic carbocycles. The third-order valence-electron chi connectivity index (χ3n) is 0.854. The maximum absolute atomic E-state index is 5.01. The van der Waals surface area contributed by atoms with Crippen molar-refractivity contribution < 1.29 is 0 Å². The lowest BCUT2D eigenvalue weighted by Gasteiger charge is -1.76. The number of hydrazone groups is 1. The number of hydrogen-bond acceptors (Lipinski definition) is 2. The van der Waals surface area contributed by atoms with E-state index in [2.05, 4.69) is 16.4 Å². The van der Waals surface area contributed by atoms with Gasteiger partial charge < -0.3 is 5.43 Å². The van der Waals surface area contributed by atoms with Gasteiger partial charge >= 0.3 is 0 Å². The zero-order valence-electron chi connectivity index (χ0n) is 3.94. The van der Waals surface area contributed by atoms with E-state index in [-0.39, 0.29) is 0 Å². The minimum Gasteiger partial charge on any atom is -0.309 e. The fourth-order valence-electron chi connectivity index (χ4n) is 0.486. The number of terminal acetylenes is 1. The van der Waals surface area contributed by atoms with Gasteiger partial charge in [0, 0.05) is 13.0 Å². The maximum atomic E-state index is 5.01. The Bertz CT molecular complexity index is 130. The number of rotatable bonds is 0. The van der Waals surface area contributed by atoms with Gasteiger partial charge in [0.05, 0.1) is 0 Å². The molecule has 1 N–H and O–H groups in total. The highest BCUT2D eigenvalue weighted by atomic mass is 15.3. The molecule has 0 aromatic rings. The van der Waals surface area contributed by atoms with Crippen molar-refractivity contribution in [3.8, 4) is 12.3 Å². The highest BCUT2D eigenvalue weighted by Crippen LogP contribution is 1.88. The van der Waals surface area contributed by atoms with Crippen molar-refractivity contribution in [2.24, 2.45) is 5.10 Å². The Hall–Kier alpha value is -0.970. The van der Waals surface area contributed by atoms with Gasteiger partial charge in [-0.2, -0.15) is 5.10 Å². The fourth-order valence-corrected chi connectivity index (χ4v) is 0.486. The Morgan fingerprint density at radius 2 is 2.71 bits per heavy atom.